The van der Waals surface area contributed by atoms with E-state index in [4.69, 9.17) is 5.11 Å². The molecule has 0 aliphatic rings. The van der Waals surface area contributed by atoms with E-state index in [0.29, 0.717) is 0 Å². The molecular formula is C18H32O3. The van der Waals surface area contributed by atoms with Gasteiger partial charge in [-0.05, 0) is 32.1 Å². The second-order valence-corrected chi connectivity index (χ2v) is 5.55. The number of aliphatic hydroxyl groups excluding tert-OH is 1. The van der Waals surface area contributed by atoms with Gasteiger partial charge in [-0.15, -0.1) is 0 Å². The first-order valence-corrected chi connectivity index (χ1v) is 8.38. The van der Waals surface area contributed by atoms with Crippen molar-refractivity contribution in [1.29, 1.82) is 0 Å². The second kappa shape index (κ2) is 15.3. The van der Waals surface area contributed by atoms with Crippen molar-refractivity contribution in [2.75, 3.05) is 0 Å². The van der Waals surface area contributed by atoms with Gasteiger partial charge in [-0.3, -0.25) is 4.79 Å². The van der Waals surface area contributed by atoms with E-state index in [-0.39, 0.29) is 12.5 Å². The van der Waals surface area contributed by atoms with E-state index in [1.165, 1.54) is 19.3 Å². The number of aliphatic hydroxyl groups is 1. The Morgan fingerprint density at radius 1 is 1.00 bits per heavy atom. The molecule has 2 N–H and O–H groups in total. The van der Waals surface area contributed by atoms with Crippen LogP contribution in [0.3, 0.4) is 0 Å². The smallest absolute Gasteiger partial charge is 0.303 e. The summed E-state index contributed by atoms with van der Waals surface area (Å²) in [5, 5.41) is 18.3. The minimum absolute atomic E-state index is 0.257. The lowest BCUT2D eigenvalue weighted by molar-refractivity contribution is -0.137. The van der Waals surface area contributed by atoms with Gasteiger partial charge in [-0.2, -0.15) is 0 Å². The first kappa shape index (κ1) is 19.9. The Bertz CT molecular complexity index is 295. The number of hydrogen-bond acceptors (Lipinski definition) is 2. The van der Waals surface area contributed by atoms with Gasteiger partial charge in [0.1, 0.15) is 0 Å². The fourth-order valence-corrected chi connectivity index (χ4v) is 2.12. The van der Waals surface area contributed by atoms with Crippen LogP contribution in [-0.2, 0) is 4.79 Å². The summed E-state index contributed by atoms with van der Waals surface area (Å²) < 4.78 is 0. The highest BCUT2D eigenvalue weighted by Gasteiger charge is 2.00. The van der Waals surface area contributed by atoms with Crippen LogP contribution in [0.2, 0.25) is 0 Å². The number of unbranched alkanes of at least 4 members (excludes halogenated alkanes) is 6. The molecule has 0 saturated carbocycles. The third-order valence-electron chi connectivity index (χ3n) is 3.41. The molecule has 0 radical (unpaired) electrons. The van der Waals surface area contributed by atoms with E-state index in [1.54, 1.807) is 0 Å². The van der Waals surface area contributed by atoms with E-state index < -0.39 is 5.97 Å². The van der Waals surface area contributed by atoms with E-state index in [2.05, 4.69) is 19.1 Å². The fraction of sp³-hybridized carbons (Fsp3) is 0.722. The average molecular weight is 296 g/mol. The van der Waals surface area contributed by atoms with Gasteiger partial charge in [0.15, 0.2) is 0 Å². The van der Waals surface area contributed by atoms with Crippen molar-refractivity contribution in [3.05, 3.63) is 24.3 Å². The monoisotopic (exact) mass is 296 g/mol. The number of rotatable bonds is 14. The molecule has 0 aliphatic heterocycles. The Balaban J connectivity index is 3.41. The molecule has 0 amide bonds. The minimum atomic E-state index is -0.722. The fourth-order valence-electron chi connectivity index (χ4n) is 2.12. The van der Waals surface area contributed by atoms with E-state index in [0.717, 1.165) is 44.9 Å². The maximum atomic E-state index is 10.3. The largest absolute Gasteiger partial charge is 0.481 e. The zero-order valence-electron chi connectivity index (χ0n) is 13.5. The van der Waals surface area contributed by atoms with Crippen LogP contribution < -0.4 is 0 Å². The van der Waals surface area contributed by atoms with Crippen LogP contribution in [0.25, 0.3) is 0 Å². The van der Waals surface area contributed by atoms with Crippen LogP contribution in [-0.4, -0.2) is 22.3 Å². The molecule has 0 aromatic heterocycles. The van der Waals surface area contributed by atoms with Crippen molar-refractivity contribution in [3.8, 4) is 0 Å². The Labute approximate surface area is 129 Å². The number of carboxylic acids is 1. The summed E-state index contributed by atoms with van der Waals surface area (Å²) in [5.41, 5.74) is 0. The van der Waals surface area contributed by atoms with Gasteiger partial charge in [0.25, 0.3) is 0 Å². The number of carbonyl (C=O) groups is 1. The molecule has 21 heavy (non-hydrogen) atoms. The summed E-state index contributed by atoms with van der Waals surface area (Å²) in [7, 11) is 0. The number of carboxylic acid groups (broad SMARTS) is 1. The first-order chi connectivity index (χ1) is 10.2. The lowest BCUT2D eigenvalue weighted by Crippen LogP contribution is -2.01. The molecule has 1 atom stereocenters. The summed E-state index contributed by atoms with van der Waals surface area (Å²) in [6, 6.07) is 0. The van der Waals surface area contributed by atoms with Crippen LogP contribution >= 0.6 is 0 Å². The highest BCUT2D eigenvalue weighted by Crippen LogP contribution is 2.08. The SMILES string of the molecule is CCCCCC=CCC=CC(O)CCCCCCC(=O)O. The molecule has 3 nitrogen and oxygen atoms in total. The van der Waals surface area contributed by atoms with Crippen molar-refractivity contribution in [3.63, 3.8) is 0 Å². The molecule has 0 aromatic carbocycles. The molecule has 0 saturated heterocycles. The standard InChI is InChI=1S/C18H32O3/c1-2-3-4-5-6-7-8-11-14-17(19)15-12-9-10-13-16-18(20)21/h6-7,11,14,17,19H,2-5,8-10,12-13,15-16H2,1H3,(H,20,21). The number of aliphatic carboxylic acids is 1. The predicted molar refractivity (Wildman–Crippen MR) is 88.4 cm³/mol. The Kier molecular flexibility index (Phi) is 14.5. The summed E-state index contributed by atoms with van der Waals surface area (Å²) in [6.45, 7) is 2.21. The van der Waals surface area contributed by atoms with Crippen molar-refractivity contribution in [1.82, 2.24) is 0 Å². The normalized spacial score (nSPS) is 13.2. The third-order valence-corrected chi connectivity index (χ3v) is 3.41. The molecule has 0 spiro atoms. The topological polar surface area (TPSA) is 57.5 Å². The third kappa shape index (κ3) is 16.9. The molecule has 3 heteroatoms. The second-order valence-electron chi connectivity index (χ2n) is 5.55. The molecule has 0 bridgehead atoms. The van der Waals surface area contributed by atoms with Crippen LogP contribution in [0.1, 0.15) is 77.6 Å². The van der Waals surface area contributed by atoms with E-state index in [9.17, 15) is 9.90 Å². The predicted octanol–water partition coefficient (Wildman–Crippen LogP) is 4.86. The van der Waals surface area contributed by atoms with Gasteiger partial charge in [-0.1, -0.05) is 63.3 Å². The van der Waals surface area contributed by atoms with Gasteiger partial charge in [0.05, 0.1) is 6.10 Å². The molecule has 0 rings (SSSR count). The van der Waals surface area contributed by atoms with Crippen LogP contribution in [0.5, 0.6) is 0 Å². The highest BCUT2D eigenvalue weighted by molar-refractivity contribution is 5.66. The molecule has 122 valence electrons. The number of hydrogen-bond donors (Lipinski definition) is 2. The minimum Gasteiger partial charge on any atom is -0.481 e. The zero-order chi connectivity index (χ0) is 15.8. The lowest BCUT2D eigenvalue weighted by atomic mass is 10.1. The maximum Gasteiger partial charge on any atom is 0.303 e. The van der Waals surface area contributed by atoms with Crippen molar-refractivity contribution >= 4 is 5.97 Å². The molecule has 0 aliphatic carbocycles. The van der Waals surface area contributed by atoms with Gasteiger partial charge in [0.2, 0.25) is 0 Å². The number of allylic oxidation sites excluding steroid dienone is 3. The van der Waals surface area contributed by atoms with Gasteiger partial charge in [0, 0.05) is 6.42 Å². The average Bonchev–Trinajstić information content (AvgIpc) is 2.45. The summed E-state index contributed by atoms with van der Waals surface area (Å²) in [6.07, 6.45) is 18.4. The lowest BCUT2D eigenvalue weighted by Gasteiger charge is -2.04. The van der Waals surface area contributed by atoms with Crippen molar-refractivity contribution in [2.24, 2.45) is 0 Å². The van der Waals surface area contributed by atoms with Crippen LogP contribution in [0.4, 0.5) is 0 Å². The molecule has 0 aromatic rings. The van der Waals surface area contributed by atoms with Crippen molar-refractivity contribution in [2.45, 2.75) is 83.7 Å². The van der Waals surface area contributed by atoms with E-state index in [1.807, 2.05) is 12.2 Å². The van der Waals surface area contributed by atoms with E-state index >= 15 is 0 Å². The molecule has 0 heterocycles. The zero-order valence-corrected chi connectivity index (χ0v) is 13.5. The highest BCUT2D eigenvalue weighted by atomic mass is 16.4. The molecule has 0 fully saturated rings. The molecule has 1 unspecified atom stereocenters. The summed E-state index contributed by atoms with van der Waals surface area (Å²) in [4.78, 5) is 10.3. The van der Waals surface area contributed by atoms with Gasteiger partial charge >= 0.3 is 5.97 Å². The molecular weight excluding hydrogens is 264 g/mol. The first-order valence-electron chi connectivity index (χ1n) is 8.38. The summed E-state index contributed by atoms with van der Waals surface area (Å²) >= 11 is 0. The quantitative estimate of drug-likeness (QED) is 0.355. The Morgan fingerprint density at radius 3 is 2.48 bits per heavy atom. The van der Waals surface area contributed by atoms with Crippen LogP contribution in [0, 0.1) is 0 Å². The Hall–Kier alpha value is -1.09. The summed E-state index contributed by atoms with van der Waals surface area (Å²) in [5.74, 6) is -0.722. The van der Waals surface area contributed by atoms with Crippen molar-refractivity contribution < 1.29 is 15.0 Å². The maximum absolute atomic E-state index is 10.3. The Morgan fingerprint density at radius 2 is 1.76 bits per heavy atom. The van der Waals surface area contributed by atoms with Gasteiger partial charge in [-0.25, -0.2) is 0 Å². The van der Waals surface area contributed by atoms with Crippen LogP contribution in [0.15, 0.2) is 24.3 Å². The van der Waals surface area contributed by atoms with Gasteiger partial charge < -0.3 is 10.2 Å².